The van der Waals surface area contributed by atoms with Crippen LogP contribution < -0.4 is 0 Å². The van der Waals surface area contributed by atoms with Gasteiger partial charge in [0, 0.05) is 49.3 Å². The molecular weight excluding hydrogens is 631 g/mol. The summed E-state index contributed by atoms with van der Waals surface area (Å²) in [6.07, 6.45) is 0. The summed E-state index contributed by atoms with van der Waals surface area (Å²) in [6, 6.07) is 67.9. The van der Waals surface area contributed by atoms with Gasteiger partial charge in [0.25, 0.3) is 0 Å². The van der Waals surface area contributed by atoms with Crippen molar-refractivity contribution in [2.45, 2.75) is 0 Å². The highest BCUT2D eigenvalue weighted by Gasteiger charge is 2.18. The predicted octanol–water partition coefficient (Wildman–Crippen LogP) is 12.9. The molecule has 0 saturated carbocycles. The van der Waals surface area contributed by atoms with Gasteiger partial charge < -0.3 is 9.13 Å². The van der Waals surface area contributed by atoms with Crippen LogP contribution in [-0.4, -0.2) is 14.1 Å². The van der Waals surface area contributed by atoms with Crippen LogP contribution >= 0.6 is 0 Å². The Labute approximate surface area is 300 Å². The molecule has 0 spiro atoms. The fourth-order valence-corrected chi connectivity index (χ4v) is 8.33. The van der Waals surface area contributed by atoms with Crippen molar-refractivity contribution in [3.05, 3.63) is 188 Å². The standard InChI is InChI=1S/C49H31N3/c1-3-13-35(14-4-1)51-45-22-12-10-19-39(45)42-29-32(24-27-46(42)51)33-25-28-47-43(30-33)40-26-23-34(31-48(40)52(47)36-15-5-2-6-16-36)49-41-20-8-7-17-37(41)38-18-9-11-21-44(38)50-49/h1-31H. The van der Waals surface area contributed by atoms with Crippen molar-refractivity contribution in [1.29, 1.82) is 0 Å². The second-order valence-electron chi connectivity index (χ2n) is 13.6. The zero-order valence-corrected chi connectivity index (χ0v) is 28.2. The van der Waals surface area contributed by atoms with E-state index in [4.69, 9.17) is 4.98 Å². The third-order valence-electron chi connectivity index (χ3n) is 10.7. The van der Waals surface area contributed by atoms with Gasteiger partial charge in [-0.2, -0.15) is 0 Å². The lowest BCUT2D eigenvalue weighted by Gasteiger charge is -2.11. The van der Waals surface area contributed by atoms with Crippen LogP contribution in [0.2, 0.25) is 0 Å². The average molecular weight is 662 g/mol. The lowest BCUT2D eigenvalue weighted by atomic mass is 9.98. The number of hydrogen-bond acceptors (Lipinski definition) is 1. The lowest BCUT2D eigenvalue weighted by molar-refractivity contribution is 1.18. The highest BCUT2D eigenvalue weighted by Crippen LogP contribution is 2.40. The molecule has 52 heavy (non-hydrogen) atoms. The van der Waals surface area contributed by atoms with Crippen molar-refractivity contribution in [3.63, 3.8) is 0 Å². The molecule has 3 heterocycles. The van der Waals surface area contributed by atoms with E-state index in [0.717, 1.165) is 33.4 Å². The molecular formula is C49H31N3. The van der Waals surface area contributed by atoms with Crippen molar-refractivity contribution in [2.75, 3.05) is 0 Å². The molecule has 0 aliphatic heterocycles. The van der Waals surface area contributed by atoms with Gasteiger partial charge in [0.05, 0.1) is 33.3 Å². The average Bonchev–Trinajstić information content (AvgIpc) is 3.73. The first-order chi connectivity index (χ1) is 25.8. The van der Waals surface area contributed by atoms with E-state index in [2.05, 4.69) is 197 Å². The highest BCUT2D eigenvalue weighted by molar-refractivity contribution is 6.15. The molecule has 3 aromatic heterocycles. The molecule has 0 N–H and O–H groups in total. The van der Waals surface area contributed by atoms with Gasteiger partial charge in [-0.05, 0) is 83.2 Å². The van der Waals surface area contributed by atoms with E-state index >= 15 is 0 Å². The highest BCUT2D eigenvalue weighted by atomic mass is 15.0. The van der Waals surface area contributed by atoms with Crippen molar-refractivity contribution in [1.82, 2.24) is 14.1 Å². The molecule has 0 aliphatic carbocycles. The summed E-state index contributed by atoms with van der Waals surface area (Å²) in [7, 11) is 0. The second kappa shape index (κ2) is 11.3. The summed E-state index contributed by atoms with van der Waals surface area (Å²) in [5.41, 5.74) is 12.6. The molecule has 0 bridgehead atoms. The number of aromatic nitrogens is 3. The maximum Gasteiger partial charge on any atom is 0.0788 e. The Hall–Kier alpha value is -6.97. The number of para-hydroxylation sites is 4. The third-order valence-corrected chi connectivity index (χ3v) is 10.7. The van der Waals surface area contributed by atoms with Crippen molar-refractivity contribution < 1.29 is 0 Å². The summed E-state index contributed by atoms with van der Waals surface area (Å²) < 4.78 is 4.77. The van der Waals surface area contributed by atoms with E-state index in [9.17, 15) is 0 Å². The summed E-state index contributed by atoms with van der Waals surface area (Å²) >= 11 is 0. The summed E-state index contributed by atoms with van der Waals surface area (Å²) in [6.45, 7) is 0. The Morgan fingerprint density at radius 1 is 0.288 bits per heavy atom. The molecule has 3 heteroatoms. The van der Waals surface area contributed by atoms with Crippen molar-refractivity contribution in [2.24, 2.45) is 0 Å². The Morgan fingerprint density at radius 3 is 1.44 bits per heavy atom. The van der Waals surface area contributed by atoms with E-state index in [-0.39, 0.29) is 0 Å². The quantitative estimate of drug-likeness (QED) is 0.172. The topological polar surface area (TPSA) is 22.8 Å². The van der Waals surface area contributed by atoms with Crippen LogP contribution in [0.15, 0.2) is 188 Å². The molecule has 242 valence electrons. The molecule has 3 nitrogen and oxygen atoms in total. The Kier molecular flexibility index (Phi) is 6.25. The second-order valence-corrected chi connectivity index (χ2v) is 13.6. The van der Waals surface area contributed by atoms with Crippen molar-refractivity contribution >= 4 is 65.3 Å². The monoisotopic (exact) mass is 661 g/mol. The molecule has 11 aromatic rings. The molecule has 11 rings (SSSR count). The smallest absolute Gasteiger partial charge is 0.0788 e. The van der Waals surface area contributed by atoms with Crippen LogP contribution in [0, 0.1) is 0 Å². The van der Waals surface area contributed by atoms with Gasteiger partial charge in [-0.25, -0.2) is 4.98 Å². The number of fused-ring (bicyclic) bond motifs is 9. The maximum atomic E-state index is 5.25. The van der Waals surface area contributed by atoms with E-state index < -0.39 is 0 Å². The first-order valence-electron chi connectivity index (χ1n) is 17.8. The first-order valence-corrected chi connectivity index (χ1v) is 17.8. The SMILES string of the molecule is c1ccc(-n2c3ccccc3c3cc(-c4ccc5c(c4)c4ccc(-c6nc7ccccc7c7ccccc67)cc4n5-c4ccccc4)ccc32)cc1. The third kappa shape index (κ3) is 4.30. The molecule has 0 saturated heterocycles. The van der Waals surface area contributed by atoms with Crippen LogP contribution in [0.4, 0.5) is 0 Å². The Morgan fingerprint density at radius 2 is 0.769 bits per heavy atom. The van der Waals surface area contributed by atoms with Gasteiger partial charge in [-0.1, -0.05) is 121 Å². The lowest BCUT2D eigenvalue weighted by Crippen LogP contribution is -1.94. The first kappa shape index (κ1) is 28.8. The fourth-order valence-electron chi connectivity index (χ4n) is 8.33. The number of pyridine rings is 1. The van der Waals surface area contributed by atoms with Gasteiger partial charge in [-0.3, -0.25) is 0 Å². The predicted molar refractivity (Wildman–Crippen MR) is 219 cm³/mol. The van der Waals surface area contributed by atoms with Crippen molar-refractivity contribution in [3.8, 4) is 33.8 Å². The normalized spacial score (nSPS) is 11.8. The molecule has 0 atom stereocenters. The van der Waals surface area contributed by atoms with Crippen LogP contribution in [0.5, 0.6) is 0 Å². The zero-order valence-electron chi connectivity index (χ0n) is 28.2. The molecule has 0 radical (unpaired) electrons. The van der Waals surface area contributed by atoms with Gasteiger partial charge in [0.2, 0.25) is 0 Å². The van der Waals surface area contributed by atoms with Gasteiger partial charge in [0.15, 0.2) is 0 Å². The number of hydrogen-bond donors (Lipinski definition) is 0. The van der Waals surface area contributed by atoms with Crippen LogP contribution in [0.25, 0.3) is 99.0 Å². The summed E-state index contributed by atoms with van der Waals surface area (Å²) in [4.78, 5) is 5.25. The molecule has 0 fully saturated rings. The van der Waals surface area contributed by atoms with Gasteiger partial charge in [-0.15, -0.1) is 0 Å². The van der Waals surface area contributed by atoms with Crippen LogP contribution in [-0.2, 0) is 0 Å². The van der Waals surface area contributed by atoms with E-state index in [1.54, 1.807) is 0 Å². The minimum Gasteiger partial charge on any atom is -0.309 e. The summed E-state index contributed by atoms with van der Waals surface area (Å²) in [5.74, 6) is 0. The molecule has 8 aromatic carbocycles. The molecule has 0 unspecified atom stereocenters. The molecule has 0 amide bonds. The minimum absolute atomic E-state index is 1.00. The largest absolute Gasteiger partial charge is 0.309 e. The van der Waals surface area contributed by atoms with Gasteiger partial charge in [0.1, 0.15) is 0 Å². The zero-order chi connectivity index (χ0) is 34.2. The number of nitrogens with zero attached hydrogens (tertiary/aromatic N) is 3. The number of rotatable bonds is 4. The van der Waals surface area contributed by atoms with E-state index in [1.165, 1.54) is 65.7 Å². The maximum absolute atomic E-state index is 5.25. The number of benzene rings is 8. The Balaban J connectivity index is 1.13. The van der Waals surface area contributed by atoms with Crippen LogP contribution in [0.3, 0.4) is 0 Å². The Bertz CT molecular complexity index is 3170. The van der Waals surface area contributed by atoms with E-state index in [1.807, 2.05) is 0 Å². The van der Waals surface area contributed by atoms with Crippen LogP contribution in [0.1, 0.15) is 0 Å². The van der Waals surface area contributed by atoms with E-state index in [0.29, 0.717) is 0 Å². The molecule has 0 aliphatic rings. The minimum atomic E-state index is 1.00. The van der Waals surface area contributed by atoms with Gasteiger partial charge >= 0.3 is 0 Å². The summed E-state index contributed by atoms with van der Waals surface area (Å²) in [5, 5.41) is 8.52. The fraction of sp³-hybridized carbons (Fsp3) is 0.